The van der Waals surface area contributed by atoms with Crippen molar-refractivity contribution in [3.05, 3.63) is 34.6 Å². The first-order valence-corrected chi connectivity index (χ1v) is 7.39. The van der Waals surface area contributed by atoms with Crippen molar-refractivity contribution in [2.45, 2.75) is 25.8 Å². The molecule has 1 saturated heterocycles. The zero-order valence-corrected chi connectivity index (χ0v) is 12.4. The Morgan fingerprint density at radius 3 is 2.89 bits per heavy atom. The van der Waals surface area contributed by atoms with Crippen molar-refractivity contribution in [1.29, 1.82) is 0 Å². The summed E-state index contributed by atoms with van der Waals surface area (Å²) in [5.41, 5.74) is 0.676. The summed E-state index contributed by atoms with van der Waals surface area (Å²) in [7, 11) is 1.95. The maximum Gasteiger partial charge on any atom is 0.129 e. The third-order valence-corrected chi connectivity index (χ3v) is 4.23. The van der Waals surface area contributed by atoms with Crippen LogP contribution in [-0.4, -0.2) is 31.6 Å². The van der Waals surface area contributed by atoms with Crippen molar-refractivity contribution in [3.63, 3.8) is 0 Å². The van der Waals surface area contributed by atoms with Crippen LogP contribution < -0.4 is 5.32 Å². The minimum atomic E-state index is -0.179. The molecule has 2 rings (SSSR count). The SMILES string of the molecule is CCCN1CCC(CNC)C1c1c(F)cccc1Cl. The summed E-state index contributed by atoms with van der Waals surface area (Å²) >= 11 is 6.25. The Morgan fingerprint density at radius 2 is 2.26 bits per heavy atom. The van der Waals surface area contributed by atoms with Gasteiger partial charge in [-0.1, -0.05) is 24.6 Å². The number of likely N-dealkylation sites (tertiary alicyclic amines) is 1. The zero-order chi connectivity index (χ0) is 13.8. The summed E-state index contributed by atoms with van der Waals surface area (Å²) in [6.07, 6.45) is 2.17. The standard InChI is InChI=1S/C15H22ClFN2/c1-3-8-19-9-7-11(10-18-2)15(19)14-12(16)5-4-6-13(14)17/h4-6,11,15,18H,3,7-10H2,1-2H3. The van der Waals surface area contributed by atoms with Crippen molar-refractivity contribution in [3.8, 4) is 0 Å². The van der Waals surface area contributed by atoms with E-state index in [1.807, 2.05) is 7.05 Å². The molecule has 0 bridgehead atoms. The lowest BCUT2D eigenvalue weighted by Gasteiger charge is -2.29. The molecule has 1 aliphatic heterocycles. The number of nitrogens with one attached hydrogen (secondary N) is 1. The monoisotopic (exact) mass is 284 g/mol. The van der Waals surface area contributed by atoms with Gasteiger partial charge in [-0.2, -0.15) is 0 Å². The number of hydrogen-bond acceptors (Lipinski definition) is 2. The van der Waals surface area contributed by atoms with Gasteiger partial charge in [0.25, 0.3) is 0 Å². The molecule has 1 heterocycles. The highest BCUT2D eigenvalue weighted by atomic mass is 35.5. The Morgan fingerprint density at radius 1 is 1.47 bits per heavy atom. The van der Waals surface area contributed by atoms with E-state index in [1.54, 1.807) is 12.1 Å². The van der Waals surface area contributed by atoms with Crippen LogP contribution in [0.1, 0.15) is 31.4 Å². The fraction of sp³-hybridized carbons (Fsp3) is 0.600. The number of rotatable bonds is 5. The van der Waals surface area contributed by atoms with E-state index in [4.69, 9.17) is 11.6 Å². The van der Waals surface area contributed by atoms with Gasteiger partial charge in [-0.15, -0.1) is 0 Å². The summed E-state index contributed by atoms with van der Waals surface area (Å²) in [6.45, 7) is 5.08. The molecule has 1 aliphatic rings. The highest BCUT2D eigenvalue weighted by molar-refractivity contribution is 6.31. The molecule has 0 amide bonds. The van der Waals surface area contributed by atoms with Crippen LogP contribution in [0.5, 0.6) is 0 Å². The van der Waals surface area contributed by atoms with E-state index < -0.39 is 0 Å². The van der Waals surface area contributed by atoms with E-state index >= 15 is 0 Å². The molecule has 2 nitrogen and oxygen atoms in total. The van der Waals surface area contributed by atoms with E-state index in [2.05, 4.69) is 17.1 Å². The lowest BCUT2D eigenvalue weighted by atomic mass is 9.93. The second-order valence-electron chi connectivity index (χ2n) is 5.22. The molecule has 2 unspecified atom stereocenters. The second kappa shape index (κ2) is 6.69. The molecule has 19 heavy (non-hydrogen) atoms. The van der Waals surface area contributed by atoms with E-state index in [1.165, 1.54) is 6.07 Å². The topological polar surface area (TPSA) is 15.3 Å². The van der Waals surface area contributed by atoms with Crippen LogP contribution in [0.25, 0.3) is 0 Å². The lowest BCUT2D eigenvalue weighted by molar-refractivity contribution is 0.222. The van der Waals surface area contributed by atoms with Crippen molar-refractivity contribution in [2.75, 3.05) is 26.7 Å². The van der Waals surface area contributed by atoms with E-state index in [9.17, 15) is 4.39 Å². The van der Waals surface area contributed by atoms with Crippen LogP contribution in [-0.2, 0) is 0 Å². The van der Waals surface area contributed by atoms with E-state index in [-0.39, 0.29) is 11.9 Å². The maximum atomic E-state index is 14.2. The Bertz CT molecular complexity index is 390. The summed E-state index contributed by atoms with van der Waals surface area (Å²) in [6, 6.07) is 5.08. The van der Waals surface area contributed by atoms with Gasteiger partial charge in [0.2, 0.25) is 0 Å². The first-order chi connectivity index (χ1) is 9.19. The summed E-state index contributed by atoms with van der Waals surface area (Å²) in [5.74, 6) is 0.243. The van der Waals surface area contributed by atoms with Gasteiger partial charge in [0, 0.05) is 16.6 Å². The zero-order valence-electron chi connectivity index (χ0n) is 11.6. The predicted molar refractivity (Wildman–Crippen MR) is 78.0 cm³/mol. The first-order valence-electron chi connectivity index (χ1n) is 7.01. The van der Waals surface area contributed by atoms with Crippen molar-refractivity contribution in [1.82, 2.24) is 10.2 Å². The fourth-order valence-electron chi connectivity index (χ4n) is 3.15. The third kappa shape index (κ3) is 3.10. The highest BCUT2D eigenvalue weighted by Crippen LogP contribution is 2.41. The molecule has 1 N–H and O–H groups in total. The second-order valence-corrected chi connectivity index (χ2v) is 5.63. The Labute approximate surface area is 119 Å². The summed E-state index contributed by atoms with van der Waals surface area (Å²) in [5, 5.41) is 3.77. The van der Waals surface area contributed by atoms with Crippen LogP contribution in [0.2, 0.25) is 5.02 Å². The average molecular weight is 285 g/mol. The lowest BCUT2D eigenvalue weighted by Crippen LogP contribution is -2.30. The van der Waals surface area contributed by atoms with Gasteiger partial charge in [-0.3, -0.25) is 4.90 Å². The molecule has 0 radical (unpaired) electrons. The first kappa shape index (κ1) is 14.8. The summed E-state index contributed by atoms with van der Waals surface area (Å²) < 4.78 is 14.2. The minimum absolute atomic E-state index is 0.0982. The van der Waals surface area contributed by atoms with Crippen molar-refractivity contribution in [2.24, 2.45) is 5.92 Å². The van der Waals surface area contributed by atoms with Crippen LogP contribution in [0.3, 0.4) is 0 Å². The number of benzene rings is 1. The van der Waals surface area contributed by atoms with Gasteiger partial charge < -0.3 is 5.32 Å². The van der Waals surface area contributed by atoms with E-state index in [0.29, 0.717) is 16.5 Å². The molecule has 0 spiro atoms. The third-order valence-electron chi connectivity index (χ3n) is 3.90. The number of halogens is 2. The molecule has 106 valence electrons. The maximum absolute atomic E-state index is 14.2. The van der Waals surface area contributed by atoms with Gasteiger partial charge >= 0.3 is 0 Å². The molecule has 1 fully saturated rings. The van der Waals surface area contributed by atoms with Crippen molar-refractivity contribution >= 4 is 11.6 Å². The largest absolute Gasteiger partial charge is 0.319 e. The Balaban J connectivity index is 2.34. The molecular weight excluding hydrogens is 263 g/mol. The number of hydrogen-bond donors (Lipinski definition) is 1. The molecule has 0 aromatic heterocycles. The highest BCUT2D eigenvalue weighted by Gasteiger charge is 2.36. The quantitative estimate of drug-likeness (QED) is 0.891. The fourth-order valence-corrected chi connectivity index (χ4v) is 3.43. The van der Waals surface area contributed by atoms with Gasteiger partial charge in [-0.25, -0.2) is 4.39 Å². The van der Waals surface area contributed by atoms with Crippen LogP contribution in [0.15, 0.2) is 18.2 Å². The Kier molecular flexibility index (Phi) is 5.20. The van der Waals surface area contributed by atoms with Gasteiger partial charge in [0.1, 0.15) is 5.82 Å². The molecule has 4 heteroatoms. The number of nitrogens with zero attached hydrogens (tertiary/aromatic N) is 1. The van der Waals surface area contributed by atoms with Gasteiger partial charge in [0.05, 0.1) is 0 Å². The van der Waals surface area contributed by atoms with Crippen LogP contribution in [0.4, 0.5) is 4.39 Å². The minimum Gasteiger partial charge on any atom is -0.319 e. The normalized spacial score (nSPS) is 24.0. The smallest absolute Gasteiger partial charge is 0.129 e. The van der Waals surface area contributed by atoms with E-state index in [0.717, 1.165) is 32.5 Å². The molecule has 1 aromatic rings. The molecule has 2 atom stereocenters. The summed E-state index contributed by atoms with van der Waals surface area (Å²) in [4.78, 5) is 2.37. The molecule has 0 aliphatic carbocycles. The van der Waals surface area contributed by atoms with Gasteiger partial charge in [0.15, 0.2) is 0 Å². The van der Waals surface area contributed by atoms with Crippen LogP contribution in [0, 0.1) is 11.7 Å². The van der Waals surface area contributed by atoms with Crippen molar-refractivity contribution < 1.29 is 4.39 Å². The Hall–Kier alpha value is -0.640. The molecule has 1 aromatic carbocycles. The predicted octanol–water partition coefficient (Wildman–Crippen LogP) is 3.47. The van der Waals surface area contributed by atoms with Gasteiger partial charge in [-0.05, 0) is 57.6 Å². The van der Waals surface area contributed by atoms with Crippen LogP contribution >= 0.6 is 11.6 Å². The average Bonchev–Trinajstić information content (AvgIpc) is 2.74. The molecule has 0 saturated carbocycles. The molecular formula is C15H22ClFN2.